The number of H-pyrrole nitrogens is 1. The highest BCUT2D eigenvalue weighted by atomic mass is 16.5. The van der Waals surface area contributed by atoms with E-state index in [9.17, 15) is 4.79 Å². The fraction of sp³-hybridized carbons (Fsp3) is 0.375. The van der Waals surface area contributed by atoms with Crippen LogP contribution < -0.4 is 9.47 Å². The first kappa shape index (κ1) is 18.1. The zero-order valence-corrected chi connectivity index (χ0v) is 17.0. The van der Waals surface area contributed by atoms with Gasteiger partial charge >= 0.3 is 0 Å². The van der Waals surface area contributed by atoms with Gasteiger partial charge in [0.05, 0.1) is 14.2 Å². The molecule has 1 aliphatic heterocycles. The molecule has 150 valence electrons. The molecule has 2 aromatic carbocycles. The van der Waals surface area contributed by atoms with Crippen molar-refractivity contribution in [2.45, 2.75) is 32.2 Å². The van der Waals surface area contributed by atoms with Gasteiger partial charge in [0, 0.05) is 35.6 Å². The van der Waals surface area contributed by atoms with E-state index in [-0.39, 0.29) is 11.8 Å². The molecule has 5 heteroatoms. The number of methoxy groups -OCH3 is 2. The van der Waals surface area contributed by atoms with E-state index in [0.29, 0.717) is 6.54 Å². The maximum absolute atomic E-state index is 13.4. The lowest BCUT2D eigenvalue weighted by Gasteiger charge is -2.33. The molecule has 3 aromatic rings. The van der Waals surface area contributed by atoms with Gasteiger partial charge in [-0.2, -0.15) is 0 Å². The Morgan fingerprint density at radius 3 is 2.62 bits per heavy atom. The van der Waals surface area contributed by atoms with Crippen LogP contribution in [0.4, 0.5) is 0 Å². The molecule has 1 N–H and O–H groups in total. The van der Waals surface area contributed by atoms with Crippen LogP contribution in [-0.2, 0) is 30.6 Å². The van der Waals surface area contributed by atoms with Crippen LogP contribution in [-0.4, -0.2) is 36.6 Å². The van der Waals surface area contributed by atoms with Gasteiger partial charge in [0.25, 0.3) is 0 Å². The minimum atomic E-state index is 0.0587. The summed E-state index contributed by atoms with van der Waals surface area (Å²) in [5, 5.41) is 1.26. The van der Waals surface area contributed by atoms with E-state index in [1.54, 1.807) is 14.2 Å². The van der Waals surface area contributed by atoms with Crippen molar-refractivity contribution < 1.29 is 14.3 Å². The Kier molecular flexibility index (Phi) is 4.46. The number of aromatic amines is 1. The molecule has 0 radical (unpaired) electrons. The Hall–Kier alpha value is -2.95. The molecular formula is C24H26N2O3. The predicted octanol–water partition coefficient (Wildman–Crippen LogP) is 3.87. The highest BCUT2D eigenvalue weighted by Gasteiger charge is 2.32. The topological polar surface area (TPSA) is 54.6 Å². The number of aryl methyl sites for hydroxylation is 1. The molecule has 29 heavy (non-hydrogen) atoms. The summed E-state index contributed by atoms with van der Waals surface area (Å²) in [5.41, 5.74) is 6.21. The minimum absolute atomic E-state index is 0.0587. The van der Waals surface area contributed by atoms with Crippen molar-refractivity contribution in [2.24, 2.45) is 5.92 Å². The highest BCUT2D eigenvalue weighted by molar-refractivity contribution is 5.87. The van der Waals surface area contributed by atoms with Gasteiger partial charge in [0.15, 0.2) is 11.5 Å². The zero-order chi connectivity index (χ0) is 20.0. The summed E-state index contributed by atoms with van der Waals surface area (Å²) in [6.45, 7) is 1.41. The fourth-order valence-corrected chi connectivity index (χ4v) is 4.91. The first-order valence-electron chi connectivity index (χ1n) is 10.3. The van der Waals surface area contributed by atoms with Crippen LogP contribution >= 0.6 is 0 Å². The molecule has 1 aliphatic carbocycles. The standard InChI is InChI=1S/C24H26N2O3/c1-28-22-12-15-9-10-26(14-17(15)13-23(22)29-2)24(27)16-7-8-21-19(11-16)18-5-3-4-6-20(18)25-21/h3-6,12-13,16,25H,7-11,14H2,1-2H3. The summed E-state index contributed by atoms with van der Waals surface area (Å²) in [6.07, 6.45) is 3.53. The number of fused-ring (bicyclic) bond motifs is 4. The maximum Gasteiger partial charge on any atom is 0.226 e. The second-order valence-electron chi connectivity index (χ2n) is 8.05. The molecule has 0 saturated carbocycles. The van der Waals surface area contributed by atoms with Gasteiger partial charge in [-0.25, -0.2) is 0 Å². The van der Waals surface area contributed by atoms with Crippen LogP contribution in [0, 0.1) is 5.92 Å². The quantitative estimate of drug-likeness (QED) is 0.739. The monoisotopic (exact) mass is 390 g/mol. The Morgan fingerprint density at radius 1 is 1.07 bits per heavy atom. The maximum atomic E-state index is 13.4. The van der Waals surface area contributed by atoms with E-state index in [2.05, 4.69) is 35.3 Å². The Morgan fingerprint density at radius 2 is 1.83 bits per heavy atom. The number of rotatable bonds is 3. The van der Waals surface area contributed by atoms with Gasteiger partial charge in [-0.3, -0.25) is 4.79 Å². The number of hydrogen-bond acceptors (Lipinski definition) is 3. The molecule has 1 amide bonds. The van der Waals surface area contributed by atoms with E-state index in [1.807, 2.05) is 11.0 Å². The van der Waals surface area contributed by atoms with Gasteiger partial charge in [-0.15, -0.1) is 0 Å². The molecule has 0 bridgehead atoms. The van der Waals surface area contributed by atoms with Crippen LogP contribution in [0.1, 0.15) is 28.8 Å². The number of benzene rings is 2. The largest absolute Gasteiger partial charge is 0.493 e. The number of hydrogen-bond donors (Lipinski definition) is 1. The van der Waals surface area contributed by atoms with Crippen molar-refractivity contribution in [3.63, 3.8) is 0 Å². The molecule has 2 heterocycles. The van der Waals surface area contributed by atoms with Crippen molar-refractivity contribution in [3.05, 3.63) is 58.8 Å². The molecule has 5 nitrogen and oxygen atoms in total. The number of ether oxygens (including phenoxy) is 2. The normalized spacial score (nSPS) is 18.3. The number of para-hydroxylation sites is 1. The predicted molar refractivity (Wildman–Crippen MR) is 112 cm³/mol. The van der Waals surface area contributed by atoms with E-state index < -0.39 is 0 Å². The van der Waals surface area contributed by atoms with Crippen LogP contribution in [0.25, 0.3) is 10.9 Å². The number of carbonyl (C=O) groups excluding carboxylic acids is 1. The van der Waals surface area contributed by atoms with Crippen molar-refractivity contribution >= 4 is 16.8 Å². The lowest BCUT2D eigenvalue weighted by molar-refractivity contribution is -0.136. The van der Waals surface area contributed by atoms with E-state index in [4.69, 9.17) is 9.47 Å². The molecule has 0 saturated heterocycles. The van der Waals surface area contributed by atoms with Gasteiger partial charge in [0.2, 0.25) is 5.91 Å². The molecular weight excluding hydrogens is 364 g/mol. The highest BCUT2D eigenvalue weighted by Crippen LogP contribution is 2.36. The van der Waals surface area contributed by atoms with Crippen molar-refractivity contribution in [2.75, 3.05) is 20.8 Å². The van der Waals surface area contributed by atoms with Crippen LogP contribution in [0.15, 0.2) is 36.4 Å². The lowest BCUT2D eigenvalue weighted by atomic mass is 9.85. The van der Waals surface area contributed by atoms with Gasteiger partial charge in [-0.05, 0) is 60.6 Å². The summed E-state index contributed by atoms with van der Waals surface area (Å²) < 4.78 is 10.9. The summed E-state index contributed by atoms with van der Waals surface area (Å²) in [5.74, 6) is 1.82. The number of nitrogens with zero attached hydrogens (tertiary/aromatic N) is 1. The molecule has 1 atom stereocenters. The SMILES string of the molecule is COc1cc2c(cc1OC)CN(C(=O)C1CCc3[nH]c4ccccc4c3C1)CC2. The Balaban J connectivity index is 1.37. The molecule has 1 unspecified atom stereocenters. The van der Waals surface area contributed by atoms with Gasteiger partial charge in [0.1, 0.15) is 0 Å². The second kappa shape index (κ2) is 7.14. The summed E-state index contributed by atoms with van der Waals surface area (Å²) >= 11 is 0. The van der Waals surface area contributed by atoms with Gasteiger partial charge < -0.3 is 19.4 Å². The summed E-state index contributed by atoms with van der Waals surface area (Å²) in [4.78, 5) is 18.9. The first-order valence-corrected chi connectivity index (χ1v) is 10.3. The average molecular weight is 390 g/mol. The Labute approximate surface area is 170 Å². The Bertz CT molecular complexity index is 1090. The van der Waals surface area contributed by atoms with Crippen molar-refractivity contribution in [3.8, 4) is 11.5 Å². The number of aromatic nitrogens is 1. The fourth-order valence-electron chi connectivity index (χ4n) is 4.91. The molecule has 5 rings (SSSR count). The minimum Gasteiger partial charge on any atom is -0.493 e. The number of carbonyl (C=O) groups is 1. The van der Waals surface area contributed by atoms with Crippen molar-refractivity contribution in [1.82, 2.24) is 9.88 Å². The molecule has 0 spiro atoms. The summed E-state index contributed by atoms with van der Waals surface area (Å²) in [6, 6.07) is 12.5. The summed E-state index contributed by atoms with van der Waals surface area (Å²) in [7, 11) is 3.31. The third-order valence-corrected chi connectivity index (χ3v) is 6.47. The van der Waals surface area contributed by atoms with Crippen LogP contribution in [0.5, 0.6) is 11.5 Å². The van der Waals surface area contributed by atoms with E-state index in [1.165, 1.54) is 27.7 Å². The van der Waals surface area contributed by atoms with Gasteiger partial charge in [-0.1, -0.05) is 18.2 Å². The van der Waals surface area contributed by atoms with E-state index >= 15 is 0 Å². The number of nitrogens with one attached hydrogen (secondary N) is 1. The average Bonchev–Trinajstić information content (AvgIpc) is 3.15. The molecule has 0 fully saturated rings. The van der Waals surface area contributed by atoms with Crippen LogP contribution in [0.3, 0.4) is 0 Å². The van der Waals surface area contributed by atoms with E-state index in [0.717, 1.165) is 49.3 Å². The number of amides is 1. The molecule has 2 aliphatic rings. The van der Waals surface area contributed by atoms with Crippen LogP contribution in [0.2, 0.25) is 0 Å². The third kappa shape index (κ3) is 3.05. The van der Waals surface area contributed by atoms with Crippen molar-refractivity contribution in [1.29, 1.82) is 0 Å². The second-order valence-corrected chi connectivity index (χ2v) is 8.05. The lowest BCUT2D eigenvalue weighted by Crippen LogP contribution is -2.41. The third-order valence-electron chi connectivity index (χ3n) is 6.47. The zero-order valence-electron chi connectivity index (χ0n) is 17.0. The first-order chi connectivity index (χ1) is 14.2. The smallest absolute Gasteiger partial charge is 0.226 e. The molecule has 1 aromatic heterocycles.